The molecule has 2 heterocycles. The fourth-order valence-electron chi connectivity index (χ4n) is 3.11. The highest BCUT2D eigenvalue weighted by molar-refractivity contribution is 7.14. The van der Waals surface area contributed by atoms with E-state index in [1.54, 1.807) is 0 Å². The van der Waals surface area contributed by atoms with Gasteiger partial charge in [-0.1, -0.05) is 13.8 Å². The number of anilines is 3. The fraction of sp³-hybridized carbons (Fsp3) is 0.412. The van der Waals surface area contributed by atoms with Crippen LogP contribution in [0.3, 0.4) is 0 Å². The van der Waals surface area contributed by atoms with E-state index in [9.17, 15) is 9.59 Å². The molecule has 2 aromatic rings. The molecular weight excluding hydrogens is 352 g/mol. The SMILES string of the molecule is Cc1csc(Nc2nc(N[C@@]3(C(N)=O)C[C@@H]3C(C)C)ncc2C(N)=O)c1. The summed E-state index contributed by atoms with van der Waals surface area (Å²) in [4.78, 5) is 32.2. The molecule has 8 nitrogen and oxygen atoms in total. The molecule has 1 aliphatic rings. The number of hydrogen-bond acceptors (Lipinski definition) is 7. The van der Waals surface area contributed by atoms with Crippen molar-refractivity contribution in [2.75, 3.05) is 10.6 Å². The molecule has 1 saturated carbocycles. The largest absolute Gasteiger partial charge is 0.368 e. The third-order valence-electron chi connectivity index (χ3n) is 4.62. The lowest BCUT2D eigenvalue weighted by molar-refractivity contribution is -0.120. The van der Waals surface area contributed by atoms with Gasteiger partial charge in [0.15, 0.2) is 0 Å². The maximum Gasteiger partial charge on any atom is 0.254 e. The second-order valence-corrected chi connectivity index (χ2v) is 7.86. The van der Waals surface area contributed by atoms with Gasteiger partial charge in [0.05, 0.1) is 5.00 Å². The Morgan fingerprint density at radius 3 is 2.62 bits per heavy atom. The lowest BCUT2D eigenvalue weighted by Crippen LogP contribution is -2.41. The number of nitrogens with one attached hydrogen (secondary N) is 2. The molecule has 1 aliphatic carbocycles. The highest BCUT2D eigenvalue weighted by Crippen LogP contribution is 2.50. The second-order valence-electron chi connectivity index (χ2n) is 6.95. The molecular formula is C17H22N6O2S. The van der Waals surface area contributed by atoms with Gasteiger partial charge in [0.2, 0.25) is 11.9 Å². The van der Waals surface area contributed by atoms with Gasteiger partial charge in [0.25, 0.3) is 5.91 Å². The monoisotopic (exact) mass is 374 g/mol. The molecule has 0 bridgehead atoms. The highest BCUT2D eigenvalue weighted by atomic mass is 32.1. The fourth-order valence-corrected chi connectivity index (χ4v) is 3.90. The van der Waals surface area contributed by atoms with Gasteiger partial charge >= 0.3 is 0 Å². The van der Waals surface area contributed by atoms with Crippen LogP contribution >= 0.6 is 11.3 Å². The molecule has 0 aromatic carbocycles. The first-order valence-corrected chi connectivity index (χ1v) is 9.18. The zero-order valence-corrected chi connectivity index (χ0v) is 15.7. The van der Waals surface area contributed by atoms with Crippen molar-refractivity contribution >= 4 is 39.9 Å². The third-order valence-corrected chi connectivity index (χ3v) is 5.58. The van der Waals surface area contributed by atoms with Crippen LogP contribution in [-0.2, 0) is 4.79 Å². The predicted molar refractivity (Wildman–Crippen MR) is 101 cm³/mol. The molecule has 3 rings (SSSR count). The number of thiophene rings is 1. The molecule has 0 aliphatic heterocycles. The quantitative estimate of drug-likeness (QED) is 0.585. The summed E-state index contributed by atoms with van der Waals surface area (Å²) in [5.74, 6) is -0.126. The number of hydrogen-bond donors (Lipinski definition) is 4. The Morgan fingerprint density at radius 1 is 1.38 bits per heavy atom. The van der Waals surface area contributed by atoms with Gasteiger partial charge in [-0.25, -0.2) is 4.98 Å². The molecule has 1 fully saturated rings. The zero-order chi connectivity index (χ0) is 19.1. The van der Waals surface area contributed by atoms with E-state index in [0.29, 0.717) is 18.2 Å². The summed E-state index contributed by atoms with van der Waals surface area (Å²) >= 11 is 1.49. The third kappa shape index (κ3) is 3.34. The Kier molecular flexibility index (Phi) is 4.57. The summed E-state index contributed by atoms with van der Waals surface area (Å²) in [6, 6.07) is 1.94. The Hall–Kier alpha value is -2.68. The van der Waals surface area contributed by atoms with Crippen LogP contribution in [-0.4, -0.2) is 27.3 Å². The summed E-state index contributed by atoms with van der Waals surface area (Å²) in [6.45, 7) is 6.06. The smallest absolute Gasteiger partial charge is 0.254 e. The van der Waals surface area contributed by atoms with Gasteiger partial charge in [0.1, 0.15) is 16.9 Å². The number of carbonyl (C=O) groups is 2. The summed E-state index contributed by atoms with van der Waals surface area (Å²) in [5.41, 5.74) is 11.4. The molecule has 2 amide bonds. The standard InChI is InChI=1S/C17H22N6O2S/c1-8(2)11-5-17(11,15(19)25)23-16-20-6-10(13(18)24)14(22-16)21-12-4-9(3)7-26-12/h4,6-8,11H,5H2,1-3H3,(H2,18,24)(H2,19,25)(H2,20,21,22,23)/t11-,17+/m1/s1. The Labute approximate surface area is 155 Å². The van der Waals surface area contributed by atoms with E-state index in [0.717, 1.165) is 10.6 Å². The first-order chi connectivity index (χ1) is 12.2. The first-order valence-electron chi connectivity index (χ1n) is 8.30. The maximum atomic E-state index is 12.0. The molecule has 0 saturated heterocycles. The minimum atomic E-state index is -0.848. The van der Waals surface area contributed by atoms with Crippen molar-refractivity contribution in [2.45, 2.75) is 32.7 Å². The van der Waals surface area contributed by atoms with E-state index in [-0.39, 0.29) is 17.4 Å². The Bertz CT molecular complexity index is 865. The predicted octanol–water partition coefficient (Wildman–Crippen LogP) is 2.00. The van der Waals surface area contributed by atoms with Crippen LogP contribution in [0.1, 0.15) is 36.2 Å². The van der Waals surface area contributed by atoms with Crippen LogP contribution in [0, 0.1) is 18.8 Å². The summed E-state index contributed by atoms with van der Waals surface area (Å²) < 4.78 is 0. The second kappa shape index (κ2) is 6.56. The van der Waals surface area contributed by atoms with Crippen LogP contribution < -0.4 is 22.1 Å². The van der Waals surface area contributed by atoms with Crippen molar-refractivity contribution in [3.63, 3.8) is 0 Å². The van der Waals surface area contributed by atoms with Crippen molar-refractivity contribution < 1.29 is 9.59 Å². The van der Waals surface area contributed by atoms with Crippen molar-refractivity contribution in [1.82, 2.24) is 9.97 Å². The van der Waals surface area contributed by atoms with E-state index in [2.05, 4.69) is 20.6 Å². The summed E-state index contributed by atoms with van der Waals surface area (Å²) in [6.07, 6.45) is 1.98. The number of rotatable bonds is 7. The van der Waals surface area contributed by atoms with Crippen LogP contribution in [0.25, 0.3) is 0 Å². The molecule has 2 atom stereocenters. The van der Waals surface area contributed by atoms with Crippen LogP contribution in [0.15, 0.2) is 17.6 Å². The number of aromatic nitrogens is 2. The van der Waals surface area contributed by atoms with Crippen molar-refractivity contribution in [1.29, 1.82) is 0 Å². The molecule has 0 spiro atoms. The van der Waals surface area contributed by atoms with Gasteiger partial charge < -0.3 is 22.1 Å². The first kappa shape index (κ1) is 18.1. The van der Waals surface area contributed by atoms with Crippen LogP contribution in [0.4, 0.5) is 16.8 Å². The Morgan fingerprint density at radius 2 is 2.12 bits per heavy atom. The van der Waals surface area contributed by atoms with Crippen molar-refractivity contribution in [3.8, 4) is 0 Å². The average Bonchev–Trinajstić information content (AvgIpc) is 3.16. The van der Waals surface area contributed by atoms with E-state index >= 15 is 0 Å². The van der Waals surface area contributed by atoms with Crippen molar-refractivity contribution in [2.24, 2.45) is 23.3 Å². The van der Waals surface area contributed by atoms with Crippen LogP contribution in [0.2, 0.25) is 0 Å². The number of nitrogens with two attached hydrogens (primary N) is 2. The van der Waals surface area contributed by atoms with Gasteiger partial charge in [-0.3, -0.25) is 9.59 Å². The summed E-state index contributed by atoms with van der Waals surface area (Å²) in [5, 5.41) is 8.97. The Balaban J connectivity index is 1.90. The van der Waals surface area contributed by atoms with Gasteiger partial charge in [-0.15, -0.1) is 11.3 Å². The minimum Gasteiger partial charge on any atom is -0.368 e. The van der Waals surface area contributed by atoms with Crippen LogP contribution in [0.5, 0.6) is 0 Å². The molecule has 0 unspecified atom stereocenters. The molecule has 26 heavy (non-hydrogen) atoms. The number of aryl methyl sites for hydroxylation is 1. The lowest BCUT2D eigenvalue weighted by atomic mass is 10.0. The number of carbonyl (C=O) groups excluding carboxylic acids is 2. The van der Waals surface area contributed by atoms with E-state index in [1.807, 2.05) is 32.2 Å². The van der Waals surface area contributed by atoms with E-state index in [1.165, 1.54) is 17.5 Å². The average molecular weight is 374 g/mol. The highest BCUT2D eigenvalue weighted by Gasteiger charge is 2.60. The molecule has 138 valence electrons. The number of primary amides is 2. The van der Waals surface area contributed by atoms with Gasteiger partial charge in [0, 0.05) is 6.20 Å². The van der Waals surface area contributed by atoms with Crippen molar-refractivity contribution in [3.05, 3.63) is 28.8 Å². The van der Waals surface area contributed by atoms with E-state index in [4.69, 9.17) is 11.5 Å². The topological polar surface area (TPSA) is 136 Å². The van der Waals surface area contributed by atoms with E-state index < -0.39 is 17.4 Å². The lowest BCUT2D eigenvalue weighted by Gasteiger charge is -2.18. The molecule has 0 radical (unpaired) electrons. The number of amides is 2. The molecule has 2 aromatic heterocycles. The zero-order valence-electron chi connectivity index (χ0n) is 14.9. The van der Waals surface area contributed by atoms with Gasteiger partial charge in [-0.2, -0.15) is 4.98 Å². The normalized spacial score (nSPS) is 21.5. The summed E-state index contributed by atoms with van der Waals surface area (Å²) in [7, 11) is 0. The molecule has 6 N–H and O–H groups in total. The maximum absolute atomic E-state index is 12.0. The van der Waals surface area contributed by atoms with Gasteiger partial charge in [-0.05, 0) is 42.2 Å². The number of nitrogens with zero attached hydrogens (tertiary/aromatic N) is 2. The molecule has 9 heteroatoms. The minimum absolute atomic E-state index is 0.121.